The largest absolute Gasteiger partial charge is 0.489 e. The molecular weight excluding hydrogens is 282 g/mol. The zero-order valence-corrected chi connectivity index (χ0v) is 11.4. The smallest absolute Gasteiger partial charge is 0.162 e. The van der Waals surface area contributed by atoms with E-state index in [9.17, 15) is 8.78 Å². The Hall–Kier alpha value is -1.87. The summed E-state index contributed by atoms with van der Waals surface area (Å²) in [6.45, 7) is 3.71. The van der Waals surface area contributed by atoms with Gasteiger partial charge in [0.1, 0.15) is 12.4 Å². The molecule has 1 nitrogen and oxygen atoms in total. The highest BCUT2D eigenvalue weighted by Gasteiger charge is 2.19. The molecule has 0 aliphatic carbocycles. The average Bonchev–Trinajstić information content (AvgIpc) is 2.48. The van der Waals surface area contributed by atoms with Crippen LogP contribution in [0.2, 0.25) is 0 Å². The summed E-state index contributed by atoms with van der Waals surface area (Å²) in [5, 5.41) is -0.619. The van der Waals surface area contributed by atoms with E-state index in [0.29, 0.717) is 5.56 Å². The fraction of sp³-hybridized carbons (Fsp3) is 0.125. The molecule has 0 N–H and O–H groups in total. The molecule has 0 bridgehead atoms. The van der Waals surface area contributed by atoms with Crippen LogP contribution in [0.5, 0.6) is 5.75 Å². The van der Waals surface area contributed by atoms with E-state index in [4.69, 9.17) is 16.3 Å². The highest BCUT2D eigenvalue weighted by atomic mass is 35.5. The first-order valence-corrected chi connectivity index (χ1v) is 6.48. The van der Waals surface area contributed by atoms with Gasteiger partial charge in [0.25, 0.3) is 0 Å². The molecule has 104 valence electrons. The normalized spacial score (nSPS) is 11.9. The second-order valence-electron chi connectivity index (χ2n) is 4.18. The molecule has 2 rings (SSSR count). The van der Waals surface area contributed by atoms with Gasteiger partial charge in [-0.2, -0.15) is 0 Å². The molecule has 2 aromatic carbocycles. The van der Waals surface area contributed by atoms with Gasteiger partial charge in [-0.25, -0.2) is 8.78 Å². The van der Waals surface area contributed by atoms with Crippen LogP contribution >= 0.6 is 11.6 Å². The van der Waals surface area contributed by atoms with Gasteiger partial charge in [0.2, 0.25) is 0 Å². The van der Waals surface area contributed by atoms with Crippen molar-refractivity contribution in [3.05, 3.63) is 77.9 Å². The van der Waals surface area contributed by atoms with Crippen molar-refractivity contribution < 1.29 is 13.5 Å². The van der Waals surface area contributed by atoms with Crippen molar-refractivity contribution in [2.75, 3.05) is 6.61 Å². The third-order valence-electron chi connectivity index (χ3n) is 2.77. The highest BCUT2D eigenvalue weighted by molar-refractivity contribution is 6.22. The monoisotopic (exact) mass is 294 g/mol. The Balaban J connectivity index is 2.43. The van der Waals surface area contributed by atoms with Gasteiger partial charge in [0.15, 0.2) is 11.6 Å². The van der Waals surface area contributed by atoms with Gasteiger partial charge in [0.05, 0.1) is 5.38 Å². The summed E-state index contributed by atoms with van der Waals surface area (Å²) < 4.78 is 32.1. The fourth-order valence-electron chi connectivity index (χ4n) is 1.82. The number of hydrogen-bond donors (Lipinski definition) is 0. The van der Waals surface area contributed by atoms with Crippen LogP contribution in [0, 0.1) is 11.6 Å². The van der Waals surface area contributed by atoms with Crippen LogP contribution in [0.25, 0.3) is 0 Å². The number of benzene rings is 2. The molecule has 1 atom stereocenters. The molecule has 0 aliphatic heterocycles. The Morgan fingerprint density at radius 1 is 1.15 bits per heavy atom. The lowest BCUT2D eigenvalue weighted by molar-refractivity contribution is 0.354. The standard InChI is InChI=1S/C16H13ClF2O/c1-2-8-20-15-10-14(19)13(18)9-12(15)16(17)11-6-4-3-5-7-11/h2-7,9-10,16H,1,8H2. The summed E-state index contributed by atoms with van der Waals surface area (Å²) in [6, 6.07) is 11.2. The van der Waals surface area contributed by atoms with Gasteiger partial charge in [-0.1, -0.05) is 43.0 Å². The van der Waals surface area contributed by atoms with Crippen LogP contribution in [-0.2, 0) is 0 Å². The second-order valence-corrected chi connectivity index (χ2v) is 4.61. The topological polar surface area (TPSA) is 9.23 Å². The zero-order chi connectivity index (χ0) is 14.5. The molecule has 0 aromatic heterocycles. The maximum atomic E-state index is 13.4. The van der Waals surface area contributed by atoms with Crippen molar-refractivity contribution in [3.8, 4) is 5.75 Å². The number of hydrogen-bond acceptors (Lipinski definition) is 1. The van der Waals surface area contributed by atoms with E-state index in [-0.39, 0.29) is 12.4 Å². The summed E-state index contributed by atoms with van der Waals surface area (Å²) in [7, 11) is 0. The van der Waals surface area contributed by atoms with Gasteiger partial charge < -0.3 is 4.74 Å². The Kier molecular flexibility index (Phi) is 4.74. The van der Waals surface area contributed by atoms with Crippen molar-refractivity contribution in [1.82, 2.24) is 0 Å². The predicted octanol–water partition coefficient (Wildman–Crippen LogP) is 4.86. The lowest BCUT2D eigenvalue weighted by Crippen LogP contribution is -2.03. The van der Waals surface area contributed by atoms with E-state index in [0.717, 1.165) is 17.7 Å². The van der Waals surface area contributed by atoms with Gasteiger partial charge >= 0.3 is 0 Å². The molecule has 0 heterocycles. The Bertz CT molecular complexity index is 599. The molecule has 1 unspecified atom stereocenters. The summed E-state index contributed by atoms with van der Waals surface area (Å²) >= 11 is 6.35. The molecule has 0 fully saturated rings. The van der Waals surface area contributed by atoms with Crippen molar-refractivity contribution in [3.63, 3.8) is 0 Å². The summed E-state index contributed by atoms with van der Waals surface area (Å²) in [5.74, 6) is -1.70. The van der Waals surface area contributed by atoms with E-state index in [2.05, 4.69) is 6.58 Å². The molecule has 0 amide bonds. The maximum Gasteiger partial charge on any atom is 0.162 e. The predicted molar refractivity (Wildman–Crippen MR) is 76.2 cm³/mol. The zero-order valence-electron chi connectivity index (χ0n) is 10.7. The number of alkyl halides is 1. The van der Waals surface area contributed by atoms with E-state index in [1.807, 2.05) is 30.3 Å². The minimum Gasteiger partial charge on any atom is -0.489 e. The van der Waals surface area contributed by atoms with Crippen molar-refractivity contribution in [2.24, 2.45) is 0 Å². The van der Waals surface area contributed by atoms with Crippen molar-refractivity contribution in [1.29, 1.82) is 0 Å². The number of ether oxygens (including phenoxy) is 1. The summed E-state index contributed by atoms with van der Waals surface area (Å²) in [4.78, 5) is 0. The van der Waals surface area contributed by atoms with Crippen molar-refractivity contribution >= 4 is 11.6 Å². The van der Waals surface area contributed by atoms with E-state index in [1.165, 1.54) is 6.08 Å². The maximum absolute atomic E-state index is 13.4. The van der Waals surface area contributed by atoms with Crippen molar-refractivity contribution in [2.45, 2.75) is 5.38 Å². The van der Waals surface area contributed by atoms with E-state index in [1.54, 1.807) is 0 Å². The molecule has 0 radical (unpaired) electrons. The Morgan fingerprint density at radius 3 is 2.45 bits per heavy atom. The van der Waals surface area contributed by atoms with Gasteiger partial charge in [-0.05, 0) is 11.6 Å². The highest BCUT2D eigenvalue weighted by Crippen LogP contribution is 2.36. The molecule has 20 heavy (non-hydrogen) atoms. The van der Waals surface area contributed by atoms with Crippen LogP contribution in [-0.4, -0.2) is 6.61 Å². The van der Waals surface area contributed by atoms with Crippen LogP contribution < -0.4 is 4.74 Å². The van der Waals surface area contributed by atoms with Crippen LogP contribution in [0.4, 0.5) is 8.78 Å². The number of halogens is 3. The first-order chi connectivity index (χ1) is 9.63. The van der Waals surface area contributed by atoms with Crippen LogP contribution in [0.15, 0.2) is 55.1 Å². The quantitative estimate of drug-likeness (QED) is 0.565. The first kappa shape index (κ1) is 14.5. The van der Waals surface area contributed by atoms with E-state index >= 15 is 0 Å². The number of rotatable bonds is 5. The summed E-state index contributed by atoms with van der Waals surface area (Å²) in [6.07, 6.45) is 1.52. The lowest BCUT2D eigenvalue weighted by Gasteiger charge is -2.16. The molecule has 0 spiro atoms. The molecule has 2 aromatic rings. The minimum atomic E-state index is -0.968. The molecule has 0 saturated carbocycles. The summed E-state index contributed by atoms with van der Waals surface area (Å²) in [5.41, 5.74) is 1.17. The molecule has 0 saturated heterocycles. The average molecular weight is 295 g/mol. The first-order valence-electron chi connectivity index (χ1n) is 6.05. The second kappa shape index (κ2) is 6.53. The lowest BCUT2D eigenvalue weighted by atomic mass is 10.0. The molecular formula is C16H13ClF2O. The third kappa shape index (κ3) is 3.17. The van der Waals surface area contributed by atoms with Crippen LogP contribution in [0.3, 0.4) is 0 Å². The Labute approximate surface area is 121 Å². The van der Waals surface area contributed by atoms with Crippen LogP contribution in [0.1, 0.15) is 16.5 Å². The third-order valence-corrected chi connectivity index (χ3v) is 3.26. The minimum absolute atomic E-state index is 0.191. The van der Waals surface area contributed by atoms with E-state index < -0.39 is 17.0 Å². The Morgan fingerprint density at radius 2 is 1.80 bits per heavy atom. The van der Waals surface area contributed by atoms with Gasteiger partial charge in [0, 0.05) is 11.6 Å². The van der Waals surface area contributed by atoms with Gasteiger partial charge in [-0.3, -0.25) is 0 Å². The molecule has 4 heteroatoms. The van der Waals surface area contributed by atoms with Gasteiger partial charge in [-0.15, -0.1) is 11.6 Å². The SMILES string of the molecule is C=CCOc1cc(F)c(F)cc1C(Cl)c1ccccc1. The fourth-order valence-corrected chi connectivity index (χ4v) is 2.13. The molecule has 0 aliphatic rings.